The van der Waals surface area contributed by atoms with Gasteiger partial charge in [0.05, 0.1) is 21.0 Å². The van der Waals surface area contributed by atoms with Gasteiger partial charge < -0.3 is 4.55 Å². The molecule has 0 heterocycles. The molecule has 25 heavy (non-hydrogen) atoms. The first kappa shape index (κ1) is 26.2. The molecule has 0 amide bonds. The van der Waals surface area contributed by atoms with Gasteiger partial charge in [-0.2, -0.15) is 0 Å². The Kier molecular flexibility index (Phi) is 11.2. The van der Waals surface area contributed by atoms with Gasteiger partial charge in [-0.25, -0.2) is 8.42 Å². The maximum Gasteiger partial charge on any atom is 1.00 e. The van der Waals surface area contributed by atoms with Crippen molar-refractivity contribution in [2.24, 2.45) is 0 Å². The van der Waals surface area contributed by atoms with Crippen LogP contribution in [-0.4, -0.2) is 29.1 Å². The van der Waals surface area contributed by atoms with E-state index in [1.54, 1.807) is 12.1 Å². The Morgan fingerprint density at radius 1 is 0.760 bits per heavy atom. The summed E-state index contributed by atoms with van der Waals surface area (Å²) < 4.78 is 34.9. The second-order valence-corrected chi connectivity index (χ2v) is 18.7. The number of rotatable bonds is 9. The van der Waals surface area contributed by atoms with Crippen LogP contribution in [0.25, 0.3) is 0 Å². The summed E-state index contributed by atoms with van der Waals surface area (Å²) in [6, 6.07) is 12.1. The van der Waals surface area contributed by atoms with Crippen molar-refractivity contribution in [1.82, 2.24) is 0 Å². The Hall–Kier alpha value is 1.20. The van der Waals surface area contributed by atoms with Crippen LogP contribution in [0.1, 0.15) is 41.5 Å². The zero-order valence-electron chi connectivity index (χ0n) is 17.1. The molecule has 0 aliphatic heterocycles. The van der Waals surface area contributed by atoms with Crippen molar-refractivity contribution in [3.05, 3.63) is 18.2 Å². The summed E-state index contributed by atoms with van der Waals surface area (Å²) >= 11 is 0. The normalized spacial score (nSPS) is 12.8. The van der Waals surface area contributed by atoms with Crippen molar-refractivity contribution in [3.63, 3.8) is 0 Å². The van der Waals surface area contributed by atoms with E-state index in [2.05, 4.69) is 41.5 Å². The topological polar surface area (TPSA) is 57.2 Å². The molecule has 0 saturated carbocycles. The first-order chi connectivity index (χ1) is 11.2. The van der Waals surface area contributed by atoms with E-state index < -0.39 is 26.3 Å². The largest absolute Gasteiger partial charge is 1.00 e. The van der Waals surface area contributed by atoms with Crippen LogP contribution in [0.5, 0.6) is 0 Å². The third-order valence-corrected chi connectivity index (χ3v) is 18.8. The molecule has 0 aliphatic carbocycles. The van der Waals surface area contributed by atoms with E-state index in [1.165, 1.54) is 10.4 Å². The molecule has 0 saturated heterocycles. The van der Waals surface area contributed by atoms with E-state index >= 15 is 0 Å². The van der Waals surface area contributed by atoms with Crippen molar-refractivity contribution in [2.75, 3.05) is 0 Å². The molecule has 0 fully saturated rings. The molecule has 138 valence electrons. The fourth-order valence-electron chi connectivity index (χ4n) is 4.22. The summed E-state index contributed by atoms with van der Waals surface area (Å²) in [6.07, 6.45) is 0. The van der Waals surface area contributed by atoms with Crippen LogP contribution in [0.4, 0.5) is 0 Å². The summed E-state index contributed by atoms with van der Waals surface area (Å²) in [5.41, 5.74) is 0. The third-order valence-electron chi connectivity index (χ3n) is 6.48. The maximum absolute atomic E-state index is 11.6. The van der Waals surface area contributed by atoms with Gasteiger partial charge in [0.1, 0.15) is 10.1 Å². The van der Waals surface area contributed by atoms with Gasteiger partial charge in [-0.15, -0.1) is 0 Å². The van der Waals surface area contributed by atoms with E-state index in [-0.39, 0.29) is 56.3 Å². The van der Waals surface area contributed by atoms with Crippen LogP contribution < -0.4 is 61.8 Å². The van der Waals surface area contributed by atoms with Crippen molar-refractivity contribution < 1.29 is 64.4 Å². The van der Waals surface area contributed by atoms with Gasteiger partial charge >= 0.3 is 51.4 Å². The molecule has 0 radical (unpaired) electrons. The smallest absolute Gasteiger partial charge is 0.744 e. The van der Waals surface area contributed by atoms with E-state index in [0.717, 1.165) is 36.3 Å². The molecule has 3 nitrogen and oxygen atoms in total. The first-order valence-electron chi connectivity index (χ1n) is 9.31. The fourth-order valence-corrected chi connectivity index (χ4v) is 13.9. The van der Waals surface area contributed by atoms with E-state index in [1.807, 2.05) is 6.07 Å². The predicted octanol–water partition coefficient (Wildman–Crippen LogP) is 1.03. The molecule has 0 atom stereocenters. The maximum atomic E-state index is 11.6. The monoisotopic (exact) mass is 424 g/mol. The summed E-state index contributed by atoms with van der Waals surface area (Å²) in [4.78, 5) is -0.0420. The average Bonchev–Trinajstić information content (AvgIpc) is 2.59. The summed E-state index contributed by atoms with van der Waals surface area (Å²) in [7, 11) is -7.82. The van der Waals surface area contributed by atoms with Crippen molar-refractivity contribution in [3.8, 4) is 0 Å². The number of benzene rings is 1. The Morgan fingerprint density at radius 2 is 1.12 bits per heavy atom. The fraction of sp³-hybridized carbons (Fsp3) is 0.667. The van der Waals surface area contributed by atoms with Gasteiger partial charge in [-0.3, -0.25) is 0 Å². The van der Waals surface area contributed by atoms with Gasteiger partial charge in [0.15, 0.2) is 0 Å². The Labute approximate surface area is 199 Å². The van der Waals surface area contributed by atoms with Crippen LogP contribution in [0.2, 0.25) is 36.3 Å². The number of hydrogen-bond acceptors (Lipinski definition) is 3. The minimum Gasteiger partial charge on any atom is -0.744 e. The summed E-state index contributed by atoms with van der Waals surface area (Å²) in [5.74, 6) is 0. The first-order valence-corrected chi connectivity index (χ1v) is 16.0. The van der Waals surface area contributed by atoms with Gasteiger partial charge in [0.2, 0.25) is 0 Å². The second kappa shape index (κ2) is 10.7. The molecule has 1 aromatic rings. The van der Waals surface area contributed by atoms with Crippen molar-refractivity contribution in [2.45, 2.75) is 82.7 Å². The molecule has 0 aliphatic rings. The molecular weight excluding hydrogens is 392 g/mol. The zero-order chi connectivity index (χ0) is 18.6. The average molecular weight is 425 g/mol. The third kappa shape index (κ3) is 5.38. The van der Waals surface area contributed by atoms with Crippen LogP contribution in [0.3, 0.4) is 0 Å². The molecular formula is C18H33KO3SSi2. The van der Waals surface area contributed by atoms with Gasteiger partial charge in [-0.1, -0.05) is 94.2 Å². The van der Waals surface area contributed by atoms with Crippen LogP contribution in [-0.2, 0) is 10.1 Å². The van der Waals surface area contributed by atoms with E-state index in [4.69, 9.17) is 0 Å². The Morgan fingerprint density at radius 3 is 1.44 bits per heavy atom. The quantitative estimate of drug-likeness (QED) is 0.439. The van der Waals surface area contributed by atoms with Gasteiger partial charge in [0.25, 0.3) is 0 Å². The molecule has 1 aromatic carbocycles. The van der Waals surface area contributed by atoms with Crippen LogP contribution in [0, 0.1) is 0 Å². The molecule has 0 N–H and O–H groups in total. The molecule has 0 unspecified atom stereocenters. The molecule has 1 rings (SSSR count). The van der Waals surface area contributed by atoms with Crippen molar-refractivity contribution >= 4 is 36.6 Å². The zero-order valence-corrected chi connectivity index (χ0v) is 23.0. The standard InChI is InChI=1S/C18H34O3SSi2.K/c1-7-23(8-2,9-3)17-14-13-16(22(19,20)21)15-18(17)24(10-4,11-5)12-6;/h13-15H,7-12H2,1-6H3,(H,19,20,21);/q;+1/p-1. The minimum atomic E-state index is -4.41. The molecule has 0 spiro atoms. The van der Waals surface area contributed by atoms with Crippen molar-refractivity contribution in [1.29, 1.82) is 0 Å². The predicted molar refractivity (Wildman–Crippen MR) is 108 cm³/mol. The number of hydrogen-bond donors (Lipinski definition) is 0. The van der Waals surface area contributed by atoms with Gasteiger partial charge in [-0.05, 0) is 12.1 Å². The van der Waals surface area contributed by atoms with Crippen LogP contribution >= 0.6 is 0 Å². The van der Waals surface area contributed by atoms with E-state index in [9.17, 15) is 13.0 Å². The van der Waals surface area contributed by atoms with Crippen LogP contribution in [0.15, 0.2) is 23.1 Å². The SMILES string of the molecule is CC[Si](CC)(CC)c1ccc(S(=O)(=O)[O-])cc1[Si](CC)(CC)CC.[K+]. The Balaban J connectivity index is 0.00000576. The molecule has 0 aromatic heterocycles. The Bertz CT molecular complexity index is 638. The summed E-state index contributed by atoms with van der Waals surface area (Å²) in [5, 5.41) is 2.70. The molecule has 7 heteroatoms. The second-order valence-electron chi connectivity index (χ2n) is 6.84. The summed E-state index contributed by atoms with van der Waals surface area (Å²) in [6.45, 7) is 13.5. The molecule has 0 bridgehead atoms. The van der Waals surface area contributed by atoms with E-state index in [0.29, 0.717) is 0 Å². The minimum absolute atomic E-state index is 0. The van der Waals surface area contributed by atoms with Gasteiger partial charge in [0, 0.05) is 0 Å².